The predicted molar refractivity (Wildman–Crippen MR) is 56.9 cm³/mol. The molecule has 0 saturated carbocycles. The number of nitrogens with zero attached hydrogens (tertiary/aromatic N) is 1. The van der Waals surface area contributed by atoms with Crippen LogP contribution < -0.4 is 4.84 Å². The van der Waals surface area contributed by atoms with Crippen molar-refractivity contribution in [3.8, 4) is 5.75 Å². The highest BCUT2D eigenvalue weighted by molar-refractivity contribution is 5.35. The molecule has 0 unspecified atom stereocenters. The van der Waals surface area contributed by atoms with E-state index >= 15 is 0 Å². The molecule has 5 heteroatoms. The normalized spacial score (nSPS) is 18.1. The molecule has 1 saturated heterocycles. The fraction of sp³-hybridized carbons (Fsp3) is 0.417. The van der Waals surface area contributed by atoms with E-state index in [1.165, 1.54) is 23.3 Å². The predicted octanol–water partition coefficient (Wildman–Crippen LogP) is 3.65. The molecular formula is C12H13F3NO. The molecule has 2 nitrogen and oxygen atoms in total. The first-order valence-corrected chi connectivity index (χ1v) is 5.51. The Labute approximate surface area is 97.9 Å². The Morgan fingerprint density at radius 3 is 2.53 bits per heavy atom. The fourth-order valence-corrected chi connectivity index (χ4v) is 1.73. The molecule has 0 aromatic heterocycles. The molecule has 0 N–H and O–H groups in total. The summed E-state index contributed by atoms with van der Waals surface area (Å²) in [6, 6.07) is 5.26. The molecule has 0 spiro atoms. The molecule has 93 valence electrons. The van der Waals surface area contributed by atoms with Crippen LogP contribution in [0.2, 0.25) is 0 Å². The first-order valence-electron chi connectivity index (χ1n) is 5.51. The van der Waals surface area contributed by atoms with Gasteiger partial charge in [-0.05, 0) is 25.0 Å². The van der Waals surface area contributed by atoms with Crippen LogP contribution in [-0.4, -0.2) is 11.6 Å². The lowest BCUT2D eigenvalue weighted by molar-refractivity contribution is -0.143. The summed E-state index contributed by atoms with van der Waals surface area (Å²) >= 11 is 0. The van der Waals surface area contributed by atoms with Crippen molar-refractivity contribution in [3.05, 3.63) is 36.4 Å². The SMILES string of the molecule is FC(F)(F)c1ccccc1ON1[CH]CCCC1. The molecule has 1 aromatic carbocycles. The molecule has 0 amide bonds. The van der Waals surface area contributed by atoms with E-state index in [2.05, 4.69) is 0 Å². The summed E-state index contributed by atoms with van der Waals surface area (Å²) in [5.74, 6) is -0.141. The topological polar surface area (TPSA) is 12.5 Å². The van der Waals surface area contributed by atoms with Crippen LogP contribution in [0, 0.1) is 6.54 Å². The van der Waals surface area contributed by atoms with Crippen LogP contribution in [0.3, 0.4) is 0 Å². The maximum Gasteiger partial charge on any atom is 0.420 e. The highest BCUT2D eigenvalue weighted by Gasteiger charge is 2.34. The standard InChI is InChI=1S/C12H13F3NO/c13-12(14,15)10-6-2-3-7-11(10)17-16-8-4-1-5-9-16/h2-3,6-8H,1,4-5,9H2. The average molecular weight is 244 g/mol. The van der Waals surface area contributed by atoms with Gasteiger partial charge in [0.15, 0.2) is 5.75 Å². The van der Waals surface area contributed by atoms with E-state index in [0.717, 1.165) is 25.3 Å². The molecule has 1 aliphatic heterocycles. The van der Waals surface area contributed by atoms with E-state index < -0.39 is 11.7 Å². The van der Waals surface area contributed by atoms with E-state index in [0.29, 0.717) is 6.54 Å². The molecule has 1 radical (unpaired) electrons. The van der Waals surface area contributed by atoms with Crippen molar-refractivity contribution in [3.63, 3.8) is 0 Å². The number of hydrogen-bond acceptors (Lipinski definition) is 2. The maximum atomic E-state index is 12.7. The van der Waals surface area contributed by atoms with Gasteiger partial charge in [-0.2, -0.15) is 13.2 Å². The number of benzene rings is 1. The molecule has 1 heterocycles. The van der Waals surface area contributed by atoms with E-state index in [1.54, 1.807) is 6.54 Å². The maximum absolute atomic E-state index is 12.7. The Bertz CT molecular complexity index is 372. The average Bonchev–Trinajstić information content (AvgIpc) is 2.30. The molecule has 0 bridgehead atoms. The van der Waals surface area contributed by atoms with Crippen molar-refractivity contribution in [2.45, 2.75) is 25.4 Å². The third kappa shape index (κ3) is 3.12. The van der Waals surface area contributed by atoms with Crippen LogP contribution in [0.5, 0.6) is 5.75 Å². The number of alkyl halides is 3. The lowest BCUT2D eigenvalue weighted by atomic mass is 10.2. The van der Waals surface area contributed by atoms with Gasteiger partial charge >= 0.3 is 6.18 Å². The zero-order chi connectivity index (χ0) is 12.3. The highest BCUT2D eigenvalue weighted by atomic mass is 19.4. The Kier molecular flexibility index (Phi) is 3.57. The first kappa shape index (κ1) is 12.2. The third-order valence-corrected chi connectivity index (χ3v) is 2.57. The van der Waals surface area contributed by atoms with Gasteiger partial charge in [0, 0.05) is 6.54 Å². The summed E-state index contributed by atoms with van der Waals surface area (Å²) in [6.07, 6.45) is -1.55. The minimum atomic E-state index is -4.38. The minimum absolute atomic E-state index is 0.141. The molecule has 17 heavy (non-hydrogen) atoms. The number of hydroxylamine groups is 2. The monoisotopic (exact) mass is 244 g/mol. The zero-order valence-electron chi connectivity index (χ0n) is 9.20. The largest absolute Gasteiger partial charge is 0.420 e. The van der Waals surface area contributed by atoms with Gasteiger partial charge in [0.05, 0.1) is 6.54 Å². The Morgan fingerprint density at radius 2 is 1.88 bits per heavy atom. The molecular weight excluding hydrogens is 231 g/mol. The first-order chi connectivity index (χ1) is 8.07. The quantitative estimate of drug-likeness (QED) is 0.787. The van der Waals surface area contributed by atoms with E-state index in [9.17, 15) is 13.2 Å². The van der Waals surface area contributed by atoms with Crippen LogP contribution in [0.1, 0.15) is 24.8 Å². The Morgan fingerprint density at radius 1 is 1.12 bits per heavy atom. The molecule has 0 atom stereocenters. The van der Waals surface area contributed by atoms with Crippen LogP contribution in [-0.2, 0) is 6.18 Å². The second kappa shape index (κ2) is 4.96. The smallest absolute Gasteiger partial charge is 0.405 e. The highest BCUT2D eigenvalue weighted by Crippen LogP contribution is 2.36. The molecule has 1 fully saturated rings. The van der Waals surface area contributed by atoms with E-state index in [4.69, 9.17) is 4.84 Å². The third-order valence-electron chi connectivity index (χ3n) is 2.57. The van der Waals surface area contributed by atoms with Crippen molar-refractivity contribution in [1.29, 1.82) is 0 Å². The molecule has 1 aliphatic rings. The van der Waals surface area contributed by atoms with Crippen LogP contribution in [0.4, 0.5) is 13.2 Å². The second-order valence-electron chi connectivity index (χ2n) is 3.90. The van der Waals surface area contributed by atoms with E-state index in [-0.39, 0.29) is 5.75 Å². The number of rotatable bonds is 2. The zero-order valence-corrected chi connectivity index (χ0v) is 9.20. The van der Waals surface area contributed by atoms with Gasteiger partial charge in [0.2, 0.25) is 0 Å². The van der Waals surface area contributed by atoms with Gasteiger partial charge in [-0.1, -0.05) is 18.6 Å². The lowest BCUT2D eigenvalue weighted by Crippen LogP contribution is -2.29. The van der Waals surface area contributed by atoms with Crippen molar-refractivity contribution < 1.29 is 18.0 Å². The summed E-state index contributed by atoms with van der Waals surface area (Å²) < 4.78 is 38.1. The number of halogens is 3. The summed E-state index contributed by atoms with van der Waals surface area (Å²) in [5.41, 5.74) is -0.737. The van der Waals surface area contributed by atoms with Crippen LogP contribution in [0.25, 0.3) is 0 Å². The Hall–Kier alpha value is -1.23. The Balaban J connectivity index is 2.14. The van der Waals surface area contributed by atoms with E-state index in [1.807, 2.05) is 0 Å². The van der Waals surface area contributed by atoms with Crippen molar-refractivity contribution in [2.75, 3.05) is 6.54 Å². The number of hydrogen-bond donors (Lipinski definition) is 0. The molecule has 1 aromatic rings. The van der Waals surface area contributed by atoms with Gasteiger partial charge in [-0.3, -0.25) is 0 Å². The fourth-order valence-electron chi connectivity index (χ4n) is 1.73. The van der Waals surface area contributed by atoms with Gasteiger partial charge in [-0.15, -0.1) is 5.06 Å². The van der Waals surface area contributed by atoms with Crippen molar-refractivity contribution in [2.24, 2.45) is 0 Å². The lowest BCUT2D eigenvalue weighted by Gasteiger charge is -2.26. The van der Waals surface area contributed by atoms with Gasteiger partial charge in [0.1, 0.15) is 5.56 Å². The van der Waals surface area contributed by atoms with Gasteiger partial charge in [-0.25, -0.2) is 0 Å². The second-order valence-corrected chi connectivity index (χ2v) is 3.90. The van der Waals surface area contributed by atoms with Crippen molar-refractivity contribution in [1.82, 2.24) is 5.06 Å². The minimum Gasteiger partial charge on any atom is -0.405 e. The van der Waals surface area contributed by atoms with Gasteiger partial charge < -0.3 is 4.84 Å². The van der Waals surface area contributed by atoms with Crippen LogP contribution >= 0.6 is 0 Å². The summed E-state index contributed by atoms with van der Waals surface area (Å²) in [7, 11) is 0. The van der Waals surface area contributed by atoms with Crippen LogP contribution in [0.15, 0.2) is 24.3 Å². The molecule has 2 rings (SSSR count). The summed E-state index contributed by atoms with van der Waals surface area (Å²) in [6.45, 7) is 2.42. The number of piperidine rings is 1. The molecule has 0 aliphatic carbocycles. The summed E-state index contributed by atoms with van der Waals surface area (Å²) in [5, 5.41) is 1.48. The van der Waals surface area contributed by atoms with Gasteiger partial charge in [0.25, 0.3) is 0 Å². The van der Waals surface area contributed by atoms with Crippen molar-refractivity contribution >= 4 is 0 Å². The summed E-state index contributed by atoms with van der Waals surface area (Å²) in [4.78, 5) is 5.27. The number of para-hydroxylation sites is 1.